The van der Waals surface area contributed by atoms with Crippen LogP contribution in [-0.4, -0.2) is 22.3 Å². The quantitative estimate of drug-likeness (QED) is 0.802. The van der Waals surface area contributed by atoms with Crippen molar-refractivity contribution in [1.29, 1.82) is 0 Å². The second-order valence-electron chi connectivity index (χ2n) is 5.00. The molecule has 0 saturated heterocycles. The van der Waals surface area contributed by atoms with Crippen LogP contribution in [0.4, 0.5) is 17.5 Å². The zero-order valence-electron chi connectivity index (χ0n) is 11.3. The number of halogens is 1. The van der Waals surface area contributed by atoms with Crippen LogP contribution in [0.15, 0.2) is 30.5 Å². The van der Waals surface area contributed by atoms with Gasteiger partial charge in [0.05, 0.1) is 6.20 Å². The Morgan fingerprint density at radius 2 is 2.05 bits per heavy atom. The minimum absolute atomic E-state index is 0.424. The van der Waals surface area contributed by atoms with Gasteiger partial charge in [0.2, 0.25) is 5.95 Å². The summed E-state index contributed by atoms with van der Waals surface area (Å²) in [6.45, 7) is 0. The molecular formula is C15H15ClN4O. The van der Waals surface area contributed by atoms with E-state index in [1.807, 2.05) is 24.3 Å². The summed E-state index contributed by atoms with van der Waals surface area (Å²) in [5.41, 5.74) is 1.84. The predicted octanol–water partition coefficient (Wildman–Crippen LogP) is 3.19. The zero-order valence-corrected chi connectivity index (χ0v) is 12.1. The number of hydrogen-bond donors (Lipinski definition) is 2. The maximum Gasteiger partial charge on any atom is 0.229 e. The van der Waals surface area contributed by atoms with Gasteiger partial charge in [-0.2, -0.15) is 4.98 Å². The first-order chi connectivity index (χ1) is 10.2. The maximum atomic E-state index is 10.5. The Morgan fingerprint density at radius 1 is 1.29 bits per heavy atom. The lowest BCUT2D eigenvalue weighted by molar-refractivity contribution is -0.107. The Bertz CT molecular complexity index is 641. The van der Waals surface area contributed by atoms with Crippen molar-refractivity contribution in [2.75, 3.05) is 10.6 Å². The molecule has 0 spiro atoms. The Kier molecular flexibility index (Phi) is 4.01. The number of carbonyl (C=O) groups excluding carboxylic acids is 1. The van der Waals surface area contributed by atoms with E-state index in [1.54, 1.807) is 6.20 Å². The highest BCUT2D eigenvalue weighted by Crippen LogP contribution is 2.28. The maximum absolute atomic E-state index is 10.5. The Balaban J connectivity index is 1.72. The lowest BCUT2D eigenvalue weighted by Gasteiger charge is -2.09. The van der Waals surface area contributed by atoms with Crippen molar-refractivity contribution in [2.24, 2.45) is 0 Å². The predicted molar refractivity (Wildman–Crippen MR) is 83.2 cm³/mol. The molecule has 6 heteroatoms. The summed E-state index contributed by atoms with van der Waals surface area (Å²) in [7, 11) is 0. The summed E-state index contributed by atoms with van der Waals surface area (Å²) in [5, 5.41) is 6.92. The highest BCUT2D eigenvalue weighted by atomic mass is 35.5. The Labute approximate surface area is 127 Å². The van der Waals surface area contributed by atoms with Crippen LogP contribution in [0.5, 0.6) is 0 Å². The minimum atomic E-state index is 0.424. The van der Waals surface area contributed by atoms with Crippen molar-refractivity contribution in [1.82, 2.24) is 9.97 Å². The number of aromatic nitrogens is 2. The van der Waals surface area contributed by atoms with Gasteiger partial charge in [0, 0.05) is 18.2 Å². The summed E-state index contributed by atoms with van der Waals surface area (Å²) in [6, 6.07) is 8.06. The fourth-order valence-corrected chi connectivity index (χ4v) is 2.04. The van der Waals surface area contributed by atoms with Gasteiger partial charge in [0.25, 0.3) is 0 Å². The van der Waals surface area contributed by atoms with Crippen LogP contribution in [0, 0.1) is 0 Å². The van der Waals surface area contributed by atoms with Gasteiger partial charge in [-0.25, -0.2) is 4.98 Å². The second kappa shape index (κ2) is 6.10. The van der Waals surface area contributed by atoms with Crippen LogP contribution < -0.4 is 10.6 Å². The van der Waals surface area contributed by atoms with E-state index < -0.39 is 0 Å². The molecule has 0 bridgehead atoms. The molecule has 2 aromatic rings. The summed E-state index contributed by atoms with van der Waals surface area (Å²) in [4.78, 5) is 19.0. The van der Waals surface area contributed by atoms with E-state index in [9.17, 15) is 4.79 Å². The van der Waals surface area contributed by atoms with E-state index >= 15 is 0 Å². The van der Waals surface area contributed by atoms with Crippen LogP contribution in [0.3, 0.4) is 0 Å². The molecule has 1 saturated carbocycles. The Hall–Kier alpha value is -2.14. The molecule has 1 aromatic heterocycles. The molecule has 1 heterocycles. The number of anilines is 3. The van der Waals surface area contributed by atoms with Crippen LogP contribution in [0.1, 0.15) is 18.4 Å². The minimum Gasteiger partial charge on any atom is -0.366 e. The third-order valence-corrected chi connectivity index (χ3v) is 3.47. The van der Waals surface area contributed by atoms with Gasteiger partial charge in [0.15, 0.2) is 5.82 Å². The molecule has 0 amide bonds. The largest absolute Gasteiger partial charge is 0.366 e. The third kappa shape index (κ3) is 3.70. The molecule has 0 radical (unpaired) electrons. The van der Waals surface area contributed by atoms with Crippen molar-refractivity contribution < 1.29 is 4.79 Å². The van der Waals surface area contributed by atoms with Crippen LogP contribution in [-0.2, 0) is 11.2 Å². The zero-order chi connectivity index (χ0) is 14.7. The summed E-state index contributed by atoms with van der Waals surface area (Å²) in [5.74, 6) is 1.15. The molecule has 0 atom stereocenters. The first-order valence-corrected chi connectivity index (χ1v) is 7.21. The second-order valence-corrected chi connectivity index (χ2v) is 5.41. The standard InChI is InChI=1S/C15H15ClN4O/c16-13-9-17-15(20-14(13)18-11-5-6-11)19-12-3-1-10(2-4-12)7-8-21/h1-4,8-9,11H,5-7H2,(H2,17,18,19,20). The van der Waals surface area contributed by atoms with Crippen molar-refractivity contribution in [3.63, 3.8) is 0 Å². The van der Waals surface area contributed by atoms with Crippen LogP contribution >= 0.6 is 11.6 Å². The number of benzene rings is 1. The molecule has 5 nitrogen and oxygen atoms in total. The van der Waals surface area contributed by atoms with E-state index in [0.29, 0.717) is 29.3 Å². The number of aldehydes is 1. The molecule has 1 aliphatic rings. The molecular weight excluding hydrogens is 288 g/mol. The summed E-state index contributed by atoms with van der Waals surface area (Å²) >= 11 is 6.08. The molecule has 0 unspecified atom stereocenters. The van der Waals surface area contributed by atoms with E-state index in [2.05, 4.69) is 20.6 Å². The van der Waals surface area contributed by atoms with Crippen molar-refractivity contribution in [3.05, 3.63) is 41.0 Å². The molecule has 108 valence electrons. The van der Waals surface area contributed by atoms with Crippen molar-refractivity contribution >= 4 is 35.3 Å². The Morgan fingerprint density at radius 3 is 2.71 bits per heavy atom. The molecule has 21 heavy (non-hydrogen) atoms. The molecule has 1 aliphatic carbocycles. The first kappa shape index (κ1) is 13.8. The van der Waals surface area contributed by atoms with Gasteiger partial charge >= 0.3 is 0 Å². The molecule has 1 aromatic carbocycles. The fraction of sp³-hybridized carbons (Fsp3) is 0.267. The SMILES string of the molecule is O=CCc1ccc(Nc2ncc(Cl)c(NC3CC3)n2)cc1. The normalized spacial score (nSPS) is 13.8. The van der Waals surface area contributed by atoms with Crippen LogP contribution in [0.25, 0.3) is 0 Å². The molecule has 3 rings (SSSR count). The lowest BCUT2D eigenvalue weighted by Crippen LogP contribution is -2.06. The van der Waals surface area contributed by atoms with E-state index in [1.165, 1.54) is 0 Å². The number of carbonyl (C=O) groups is 1. The van der Waals surface area contributed by atoms with Gasteiger partial charge in [0.1, 0.15) is 11.3 Å². The number of hydrogen-bond acceptors (Lipinski definition) is 5. The monoisotopic (exact) mass is 302 g/mol. The molecule has 2 N–H and O–H groups in total. The van der Waals surface area contributed by atoms with Crippen LogP contribution in [0.2, 0.25) is 5.02 Å². The van der Waals surface area contributed by atoms with E-state index in [-0.39, 0.29) is 0 Å². The van der Waals surface area contributed by atoms with Gasteiger partial charge in [-0.3, -0.25) is 0 Å². The third-order valence-electron chi connectivity index (χ3n) is 3.19. The lowest BCUT2D eigenvalue weighted by atomic mass is 10.1. The molecule has 0 aliphatic heterocycles. The average Bonchev–Trinajstić information content (AvgIpc) is 3.29. The highest BCUT2D eigenvalue weighted by molar-refractivity contribution is 6.32. The van der Waals surface area contributed by atoms with Gasteiger partial charge < -0.3 is 15.4 Å². The fourth-order valence-electron chi connectivity index (χ4n) is 1.90. The van der Waals surface area contributed by atoms with Gasteiger partial charge in [-0.1, -0.05) is 23.7 Å². The summed E-state index contributed by atoms with van der Waals surface area (Å²) in [6.07, 6.45) is 5.21. The molecule has 1 fully saturated rings. The topological polar surface area (TPSA) is 66.9 Å². The number of rotatable bonds is 6. The smallest absolute Gasteiger partial charge is 0.229 e. The summed E-state index contributed by atoms with van der Waals surface area (Å²) < 4.78 is 0. The average molecular weight is 303 g/mol. The van der Waals surface area contributed by atoms with Crippen molar-refractivity contribution in [2.45, 2.75) is 25.3 Å². The number of nitrogens with zero attached hydrogens (tertiary/aromatic N) is 2. The van der Waals surface area contributed by atoms with Gasteiger partial charge in [-0.15, -0.1) is 0 Å². The highest BCUT2D eigenvalue weighted by Gasteiger charge is 2.22. The first-order valence-electron chi connectivity index (χ1n) is 6.83. The van der Waals surface area contributed by atoms with Gasteiger partial charge in [-0.05, 0) is 30.5 Å². The van der Waals surface area contributed by atoms with E-state index in [4.69, 9.17) is 11.6 Å². The van der Waals surface area contributed by atoms with Crippen molar-refractivity contribution in [3.8, 4) is 0 Å². The number of nitrogens with one attached hydrogen (secondary N) is 2. The van der Waals surface area contributed by atoms with E-state index in [0.717, 1.165) is 30.4 Å².